The summed E-state index contributed by atoms with van der Waals surface area (Å²) in [6.07, 6.45) is 0. The van der Waals surface area contributed by atoms with Crippen molar-refractivity contribution in [3.63, 3.8) is 0 Å². The van der Waals surface area contributed by atoms with E-state index in [1.807, 2.05) is 18.5 Å². The summed E-state index contributed by atoms with van der Waals surface area (Å²) < 4.78 is 1.88. The van der Waals surface area contributed by atoms with E-state index in [0.29, 0.717) is 6.54 Å². The smallest absolute Gasteiger partial charge is 0.146 e. The summed E-state index contributed by atoms with van der Waals surface area (Å²) in [6.45, 7) is 2.35. The number of rotatable bonds is 1. The molecule has 0 amide bonds. The molecule has 1 aromatic rings. The molecule has 0 radical (unpaired) electrons. The predicted octanol–water partition coefficient (Wildman–Crippen LogP) is 0.00402. The Morgan fingerprint density at radius 2 is 2.10 bits per heavy atom. The summed E-state index contributed by atoms with van der Waals surface area (Å²) in [5.74, 6) is 1.72. The van der Waals surface area contributed by atoms with Crippen LogP contribution in [0.2, 0.25) is 0 Å². The van der Waals surface area contributed by atoms with E-state index in [0.717, 1.165) is 11.6 Å². The fraction of sp³-hybridized carbons (Fsp3) is 0.600. The zero-order chi connectivity index (χ0) is 6.85. The molecule has 1 heterocycles. The number of hydrogen-bond acceptors (Lipinski definition) is 3. The minimum absolute atomic E-state index is 0. The molecule has 0 aromatic carbocycles. The lowest BCUT2D eigenvalue weighted by Gasteiger charge is -1.94. The first kappa shape index (κ1) is 9.39. The SMILES string of the molecule is Cc1nnc(CN)n1C.Cl. The lowest BCUT2D eigenvalue weighted by atomic mass is 10.6. The monoisotopic (exact) mass is 162 g/mol. The highest BCUT2D eigenvalue weighted by Crippen LogP contribution is 1.93. The highest BCUT2D eigenvalue weighted by molar-refractivity contribution is 5.85. The number of halogens is 1. The molecule has 58 valence electrons. The Kier molecular flexibility index (Phi) is 3.32. The van der Waals surface area contributed by atoms with Gasteiger partial charge in [0.1, 0.15) is 11.6 Å². The Morgan fingerprint density at radius 1 is 1.50 bits per heavy atom. The molecule has 10 heavy (non-hydrogen) atoms. The summed E-state index contributed by atoms with van der Waals surface area (Å²) in [5, 5.41) is 7.64. The van der Waals surface area contributed by atoms with E-state index >= 15 is 0 Å². The molecule has 0 unspecified atom stereocenters. The Hall–Kier alpha value is -0.610. The van der Waals surface area contributed by atoms with Gasteiger partial charge in [-0.1, -0.05) is 0 Å². The second-order valence-electron chi connectivity index (χ2n) is 1.93. The molecule has 1 rings (SSSR count). The van der Waals surface area contributed by atoms with Crippen molar-refractivity contribution >= 4 is 12.4 Å². The number of aryl methyl sites for hydroxylation is 1. The fourth-order valence-electron chi connectivity index (χ4n) is 0.629. The van der Waals surface area contributed by atoms with E-state index in [9.17, 15) is 0 Å². The first-order chi connectivity index (χ1) is 4.25. The Labute approximate surface area is 65.8 Å². The molecule has 4 nitrogen and oxygen atoms in total. The predicted molar refractivity (Wildman–Crippen MR) is 40.9 cm³/mol. The zero-order valence-corrected chi connectivity index (χ0v) is 6.85. The van der Waals surface area contributed by atoms with Crippen molar-refractivity contribution in [1.82, 2.24) is 14.8 Å². The highest BCUT2D eigenvalue weighted by atomic mass is 35.5. The van der Waals surface area contributed by atoms with Crippen LogP contribution in [0.1, 0.15) is 11.6 Å². The Balaban J connectivity index is 0.000000810. The summed E-state index contributed by atoms with van der Waals surface area (Å²) in [4.78, 5) is 0. The standard InChI is InChI=1S/C5H10N4.ClH/c1-4-7-8-5(3-6)9(4)2;/h3,6H2,1-2H3;1H. The molecule has 0 saturated heterocycles. The second-order valence-corrected chi connectivity index (χ2v) is 1.93. The summed E-state index contributed by atoms with van der Waals surface area (Å²) in [7, 11) is 1.90. The molecule has 0 spiro atoms. The van der Waals surface area contributed by atoms with E-state index < -0.39 is 0 Å². The maximum atomic E-state index is 5.34. The van der Waals surface area contributed by atoms with E-state index in [-0.39, 0.29) is 12.4 Å². The lowest BCUT2D eigenvalue weighted by Crippen LogP contribution is -2.05. The molecule has 1 aromatic heterocycles. The average molecular weight is 163 g/mol. The lowest BCUT2D eigenvalue weighted by molar-refractivity contribution is 0.773. The number of aromatic nitrogens is 3. The molecule has 2 N–H and O–H groups in total. The van der Waals surface area contributed by atoms with Crippen LogP contribution in [0.25, 0.3) is 0 Å². The minimum atomic E-state index is 0. The van der Waals surface area contributed by atoms with Gasteiger partial charge in [0, 0.05) is 7.05 Å². The Morgan fingerprint density at radius 3 is 2.30 bits per heavy atom. The molecule has 0 fully saturated rings. The van der Waals surface area contributed by atoms with Crippen molar-refractivity contribution in [2.45, 2.75) is 13.5 Å². The summed E-state index contributed by atoms with van der Waals surface area (Å²) >= 11 is 0. The summed E-state index contributed by atoms with van der Waals surface area (Å²) in [5.41, 5.74) is 5.34. The van der Waals surface area contributed by atoms with Crippen LogP contribution in [0.15, 0.2) is 0 Å². The first-order valence-corrected chi connectivity index (χ1v) is 2.80. The third-order valence-electron chi connectivity index (χ3n) is 1.37. The van der Waals surface area contributed by atoms with Gasteiger partial charge < -0.3 is 10.3 Å². The van der Waals surface area contributed by atoms with Crippen LogP contribution in [-0.4, -0.2) is 14.8 Å². The van der Waals surface area contributed by atoms with Gasteiger partial charge >= 0.3 is 0 Å². The number of nitrogens with zero attached hydrogens (tertiary/aromatic N) is 3. The van der Waals surface area contributed by atoms with Crippen LogP contribution in [0.5, 0.6) is 0 Å². The molecule has 5 heteroatoms. The van der Waals surface area contributed by atoms with Crippen molar-refractivity contribution in [1.29, 1.82) is 0 Å². The van der Waals surface area contributed by atoms with Crippen molar-refractivity contribution in [2.75, 3.05) is 0 Å². The van der Waals surface area contributed by atoms with Crippen LogP contribution >= 0.6 is 12.4 Å². The van der Waals surface area contributed by atoms with Crippen LogP contribution in [0.4, 0.5) is 0 Å². The molecular weight excluding hydrogens is 152 g/mol. The largest absolute Gasteiger partial charge is 0.324 e. The first-order valence-electron chi connectivity index (χ1n) is 2.80. The number of hydrogen-bond donors (Lipinski definition) is 1. The van der Waals surface area contributed by atoms with Gasteiger partial charge in [-0.3, -0.25) is 0 Å². The molecular formula is C5H11ClN4. The van der Waals surface area contributed by atoms with E-state index in [1.54, 1.807) is 0 Å². The van der Waals surface area contributed by atoms with Crippen LogP contribution in [-0.2, 0) is 13.6 Å². The normalized spacial score (nSPS) is 9.10. The van der Waals surface area contributed by atoms with Gasteiger partial charge in [0.25, 0.3) is 0 Å². The molecule has 0 saturated carbocycles. The quantitative estimate of drug-likeness (QED) is 0.633. The third kappa shape index (κ3) is 1.46. The maximum Gasteiger partial charge on any atom is 0.146 e. The van der Waals surface area contributed by atoms with E-state index in [2.05, 4.69) is 10.2 Å². The van der Waals surface area contributed by atoms with Crippen LogP contribution < -0.4 is 5.73 Å². The van der Waals surface area contributed by atoms with Crippen LogP contribution in [0, 0.1) is 6.92 Å². The second kappa shape index (κ2) is 3.53. The van der Waals surface area contributed by atoms with Gasteiger partial charge in [0.15, 0.2) is 0 Å². The average Bonchev–Trinajstić information content (AvgIpc) is 2.15. The van der Waals surface area contributed by atoms with Gasteiger partial charge in [-0.05, 0) is 6.92 Å². The zero-order valence-electron chi connectivity index (χ0n) is 6.03. The van der Waals surface area contributed by atoms with Crippen LogP contribution in [0.3, 0.4) is 0 Å². The van der Waals surface area contributed by atoms with Crippen molar-refractivity contribution in [3.8, 4) is 0 Å². The highest BCUT2D eigenvalue weighted by Gasteiger charge is 1.99. The van der Waals surface area contributed by atoms with E-state index in [4.69, 9.17) is 5.73 Å². The van der Waals surface area contributed by atoms with Crippen molar-refractivity contribution in [3.05, 3.63) is 11.6 Å². The Bertz CT molecular complexity index is 207. The third-order valence-corrected chi connectivity index (χ3v) is 1.37. The molecule has 0 atom stereocenters. The molecule has 0 aliphatic heterocycles. The van der Waals surface area contributed by atoms with Gasteiger partial charge in [0.05, 0.1) is 6.54 Å². The van der Waals surface area contributed by atoms with Gasteiger partial charge in [-0.15, -0.1) is 22.6 Å². The summed E-state index contributed by atoms with van der Waals surface area (Å²) in [6, 6.07) is 0. The van der Waals surface area contributed by atoms with Gasteiger partial charge in [-0.25, -0.2) is 0 Å². The van der Waals surface area contributed by atoms with Gasteiger partial charge in [0.2, 0.25) is 0 Å². The minimum Gasteiger partial charge on any atom is -0.324 e. The maximum absolute atomic E-state index is 5.34. The molecule has 0 bridgehead atoms. The van der Waals surface area contributed by atoms with Crippen molar-refractivity contribution < 1.29 is 0 Å². The van der Waals surface area contributed by atoms with E-state index in [1.165, 1.54) is 0 Å². The topological polar surface area (TPSA) is 56.7 Å². The molecule has 0 aliphatic rings. The number of nitrogens with two attached hydrogens (primary N) is 1. The fourth-order valence-corrected chi connectivity index (χ4v) is 0.629. The molecule has 0 aliphatic carbocycles. The van der Waals surface area contributed by atoms with Crippen molar-refractivity contribution in [2.24, 2.45) is 12.8 Å². The van der Waals surface area contributed by atoms with Gasteiger partial charge in [-0.2, -0.15) is 0 Å².